The lowest BCUT2D eigenvalue weighted by Gasteiger charge is -2.43. The van der Waals surface area contributed by atoms with Crippen LogP contribution in [-0.4, -0.2) is 63.0 Å². The standard InChI is InChI=1S/C25H33N3O3S2/c1-20-5-11-23(12-6-20)33(30,31)27(2)22-9-7-21(8-10-22)24(29)26-19-25(13-3-4-14-25)28-15-17-32-18-16-28/h5-12H,3-4,13-19H2,1-2H3,(H,26,29). The molecule has 1 N–H and O–H groups in total. The quantitative estimate of drug-likeness (QED) is 0.641. The van der Waals surface area contributed by atoms with Crippen LogP contribution in [-0.2, 0) is 10.0 Å². The van der Waals surface area contributed by atoms with Gasteiger partial charge in [0.05, 0.1) is 10.6 Å². The van der Waals surface area contributed by atoms with Crippen molar-refractivity contribution >= 4 is 33.4 Å². The summed E-state index contributed by atoms with van der Waals surface area (Å²) in [6.07, 6.45) is 4.71. The lowest BCUT2D eigenvalue weighted by atomic mass is 9.94. The van der Waals surface area contributed by atoms with E-state index in [1.165, 1.54) is 24.2 Å². The maximum absolute atomic E-state index is 12.9. The zero-order chi connectivity index (χ0) is 23.5. The minimum Gasteiger partial charge on any atom is -0.350 e. The van der Waals surface area contributed by atoms with Gasteiger partial charge in [-0.2, -0.15) is 11.8 Å². The van der Waals surface area contributed by atoms with Crippen LogP contribution < -0.4 is 9.62 Å². The van der Waals surface area contributed by atoms with E-state index in [4.69, 9.17) is 0 Å². The number of sulfonamides is 1. The molecule has 4 rings (SSSR count). The van der Waals surface area contributed by atoms with Gasteiger partial charge in [0.15, 0.2) is 0 Å². The van der Waals surface area contributed by atoms with Crippen LogP contribution in [0, 0.1) is 6.92 Å². The van der Waals surface area contributed by atoms with Crippen molar-refractivity contribution in [2.24, 2.45) is 0 Å². The molecule has 1 aliphatic heterocycles. The molecule has 0 aromatic heterocycles. The molecule has 1 saturated carbocycles. The van der Waals surface area contributed by atoms with E-state index in [2.05, 4.69) is 10.2 Å². The molecule has 1 amide bonds. The summed E-state index contributed by atoms with van der Waals surface area (Å²) in [5, 5.41) is 3.17. The summed E-state index contributed by atoms with van der Waals surface area (Å²) in [6.45, 7) is 4.78. The second-order valence-electron chi connectivity index (χ2n) is 9.05. The number of thioether (sulfide) groups is 1. The summed E-state index contributed by atoms with van der Waals surface area (Å²) < 4.78 is 27.1. The van der Waals surface area contributed by atoms with Gasteiger partial charge in [0.25, 0.3) is 15.9 Å². The van der Waals surface area contributed by atoms with Gasteiger partial charge in [-0.3, -0.25) is 14.0 Å². The van der Waals surface area contributed by atoms with E-state index in [9.17, 15) is 13.2 Å². The molecule has 2 aromatic carbocycles. The number of anilines is 1. The number of aryl methyl sites for hydroxylation is 1. The monoisotopic (exact) mass is 487 g/mol. The topological polar surface area (TPSA) is 69.7 Å². The molecule has 0 unspecified atom stereocenters. The first-order valence-corrected chi connectivity index (χ1v) is 14.2. The maximum atomic E-state index is 12.9. The second kappa shape index (κ2) is 10.1. The van der Waals surface area contributed by atoms with Crippen molar-refractivity contribution < 1.29 is 13.2 Å². The largest absolute Gasteiger partial charge is 0.350 e. The fourth-order valence-corrected chi connectivity index (χ4v) is 6.95. The Morgan fingerprint density at radius 1 is 1.03 bits per heavy atom. The molecule has 1 heterocycles. The minimum absolute atomic E-state index is 0.0823. The third-order valence-corrected chi connectivity index (χ3v) is 9.71. The minimum atomic E-state index is -3.66. The van der Waals surface area contributed by atoms with E-state index in [0.29, 0.717) is 17.8 Å². The van der Waals surface area contributed by atoms with Crippen LogP contribution in [0.25, 0.3) is 0 Å². The fourth-order valence-electron chi connectivity index (χ4n) is 4.85. The van der Waals surface area contributed by atoms with E-state index >= 15 is 0 Å². The molecule has 33 heavy (non-hydrogen) atoms. The summed E-state index contributed by atoms with van der Waals surface area (Å²) in [5.74, 6) is 2.22. The number of benzene rings is 2. The molecule has 2 aromatic rings. The lowest BCUT2D eigenvalue weighted by molar-refractivity contribution is 0.0817. The average Bonchev–Trinajstić information content (AvgIpc) is 3.33. The van der Waals surface area contributed by atoms with Crippen molar-refractivity contribution in [3.63, 3.8) is 0 Å². The Bertz CT molecular complexity index is 1060. The zero-order valence-electron chi connectivity index (χ0n) is 19.4. The van der Waals surface area contributed by atoms with Crippen molar-refractivity contribution in [1.82, 2.24) is 10.2 Å². The van der Waals surface area contributed by atoms with E-state index < -0.39 is 10.0 Å². The number of nitrogens with zero attached hydrogens (tertiary/aromatic N) is 2. The third-order valence-electron chi connectivity index (χ3n) is 6.97. The highest BCUT2D eigenvalue weighted by atomic mass is 32.2. The maximum Gasteiger partial charge on any atom is 0.264 e. The van der Waals surface area contributed by atoms with Crippen molar-refractivity contribution in [3.8, 4) is 0 Å². The average molecular weight is 488 g/mol. The Morgan fingerprint density at radius 3 is 2.24 bits per heavy atom. The summed E-state index contributed by atoms with van der Waals surface area (Å²) in [5.41, 5.74) is 2.15. The molecule has 178 valence electrons. The number of carbonyl (C=O) groups is 1. The number of hydrogen-bond acceptors (Lipinski definition) is 5. The summed E-state index contributed by atoms with van der Waals surface area (Å²) in [6, 6.07) is 13.6. The van der Waals surface area contributed by atoms with Gasteiger partial charge >= 0.3 is 0 Å². The Labute approximate surface area is 201 Å². The zero-order valence-corrected chi connectivity index (χ0v) is 21.1. The van der Waals surface area contributed by atoms with Gasteiger partial charge in [-0.1, -0.05) is 30.5 Å². The van der Waals surface area contributed by atoms with E-state index in [1.807, 2.05) is 18.7 Å². The van der Waals surface area contributed by atoms with Crippen LogP contribution in [0.3, 0.4) is 0 Å². The fraction of sp³-hybridized carbons (Fsp3) is 0.480. The van der Waals surface area contributed by atoms with Crippen molar-refractivity contribution in [2.75, 3.05) is 42.5 Å². The molecule has 0 bridgehead atoms. The number of carbonyl (C=O) groups excluding carboxylic acids is 1. The first kappa shape index (κ1) is 24.1. The van der Waals surface area contributed by atoms with Gasteiger partial charge in [0.1, 0.15) is 0 Å². The smallest absolute Gasteiger partial charge is 0.264 e. The molecular formula is C25H33N3O3S2. The van der Waals surface area contributed by atoms with Crippen LogP contribution in [0.4, 0.5) is 5.69 Å². The van der Waals surface area contributed by atoms with Crippen molar-refractivity contribution in [3.05, 3.63) is 59.7 Å². The summed E-state index contributed by atoms with van der Waals surface area (Å²) >= 11 is 2.01. The van der Waals surface area contributed by atoms with Crippen LogP contribution in [0.2, 0.25) is 0 Å². The van der Waals surface area contributed by atoms with Gasteiger partial charge in [-0.05, 0) is 56.2 Å². The van der Waals surface area contributed by atoms with Crippen molar-refractivity contribution in [2.45, 2.75) is 43.0 Å². The van der Waals surface area contributed by atoms with Crippen LogP contribution >= 0.6 is 11.8 Å². The molecular weight excluding hydrogens is 454 g/mol. The normalized spacial score (nSPS) is 18.7. The Kier molecular flexibility index (Phi) is 7.36. The second-order valence-corrected chi connectivity index (χ2v) is 12.2. The number of nitrogens with one attached hydrogen (secondary N) is 1. The molecule has 2 fully saturated rings. The van der Waals surface area contributed by atoms with Crippen molar-refractivity contribution in [1.29, 1.82) is 0 Å². The SMILES string of the molecule is Cc1ccc(S(=O)(=O)N(C)c2ccc(C(=O)NCC3(N4CCSCC4)CCCC3)cc2)cc1. The first-order chi connectivity index (χ1) is 15.8. The highest BCUT2D eigenvalue weighted by Crippen LogP contribution is 2.36. The van der Waals surface area contributed by atoms with Gasteiger partial charge < -0.3 is 5.32 Å². The predicted octanol–water partition coefficient (Wildman–Crippen LogP) is 3.91. The molecule has 0 radical (unpaired) electrons. The number of amides is 1. The molecule has 2 aliphatic rings. The Hall–Kier alpha value is -2.03. The summed E-state index contributed by atoms with van der Waals surface area (Å²) in [4.78, 5) is 15.7. The number of hydrogen-bond donors (Lipinski definition) is 1. The van der Waals surface area contributed by atoms with Gasteiger partial charge in [0.2, 0.25) is 0 Å². The highest BCUT2D eigenvalue weighted by Gasteiger charge is 2.40. The van der Waals surface area contributed by atoms with Gasteiger partial charge in [-0.25, -0.2) is 8.42 Å². The van der Waals surface area contributed by atoms with Crippen LogP contribution in [0.15, 0.2) is 53.4 Å². The molecule has 1 aliphatic carbocycles. The third kappa shape index (κ3) is 5.23. The first-order valence-electron chi connectivity index (χ1n) is 11.6. The molecule has 1 saturated heterocycles. The van der Waals surface area contributed by atoms with E-state index in [-0.39, 0.29) is 16.3 Å². The highest BCUT2D eigenvalue weighted by molar-refractivity contribution is 7.99. The molecule has 8 heteroatoms. The van der Waals surface area contributed by atoms with Gasteiger partial charge in [-0.15, -0.1) is 0 Å². The van der Waals surface area contributed by atoms with Crippen LogP contribution in [0.5, 0.6) is 0 Å². The predicted molar refractivity (Wildman–Crippen MR) is 136 cm³/mol. The van der Waals surface area contributed by atoms with Crippen LogP contribution in [0.1, 0.15) is 41.6 Å². The Morgan fingerprint density at radius 2 is 1.64 bits per heavy atom. The van der Waals surface area contributed by atoms with Gasteiger partial charge in [0, 0.05) is 49.3 Å². The molecule has 0 atom stereocenters. The lowest BCUT2D eigenvalue weighted by Crippen LogP contribution is -2.56. The number of rotatable bonds is 7. The Balaban J connectivity index is 1.42. The molecule has 6 nitrogen and oxygen atoms in total. The van der Waals surface area contributed by atoms with E-state index in [0.717, 1.165) is 43.0 Å². The van der Waals surface area contributed by atoms with E-state index in [1.54, 1.807) is 48.5 Å². The molecule has 0 spiro atoms. The summed E-state index contributed by atoms with van der Waals surface area (Å²) in [7, 11) is -2.13.